The number of ketones is 1. The van der Waals surface area contributed by atoms with Crippen molar-refractivity contribution in [3.05, 3.63) is 27.6 Å². The normalized spacial score (nSPS) is 17.0. The highest BCUT2D eigenvalue weighted by Crippen LogP contribution is 2.31. The molecule has 0 saturated heterocycles. The third-order valence-electron chi connectivity index (χ3n) is 3.15. The molecule has 2 heterocycles. The summed E-state index contributed by atoms with van der Waals surface area (Å²) in [4.78, 5) is 24.7. The van der Waals surface area contributed by atoms with Crippen molar-refractivity contribution < 1.29 is 14.7 Å². The van der Waals surface area contributed by atoms with E-state index >= 15 is 0 Å². The minimum Gasteiger partial charge on any atom is -0.465 e. The molecule has 1 aliphatic heterocycles. The number of carbonyl (C=O) groups is 2. The van der Waals surface area contributed by atoms with E-state index < -0.39 is 14.2 Å². The number of amides is 1. The molecule has 0 radical (unpaired) electrons. The lowest BCUT2D eigenvalue weighted by Crippen LogP contribution is -2.45. The van der Waals surface area contributed by atoms with Crippen LogP contribution in [-0.2, 0) is 4.79 Å². The van der Waals surface area contributed by atoms with Gasteiger partial charge < -0.3 is 5.11 Å². The highest BCUT2D eigenvalue weighted by Gasteiger charge is 2.36. The predicted octanol–water partition coefficient (Wildman–Crippen LogP) is 2.94. The van der Waals surface area contributed by atoms with Crippen molar-refractivity contribution >= 4 is 36.9 Å². The van der Waals surface area contributed by atoms with Gasteiger partial charge in [0.2, 0.25) is 0 Å². The van der Waals surface area contributed by atoms with Gasteiger partial charge in [-0.3, -0.25) is 9.69 Å². The lowest BCUT2D eigenvalue weighted by molar-refractivity contribution is -0.116. The Balaban J connectivity index is 2.55. The quantitative estimate of drug-likeness (QED) is 0.853. The Kier molecular flexibility index (Phi) is 3.64. The van der Waals surface area contributed by atoms with E-state index in [1.807, 2.05) is 16.8 Å². The van der Waals surface area contributed by atoms with Crippen molar-refractivity contribution in [2.24, 2.45) is 0 Å². The van der Waals surface area contributed by atoms with E-state index in [1.54, 1.807) is 11.3 Å². The Morgan fingerprint density at radius 3 is 2.53 bits per heavy atom. The maximum Gasteiger partial charge on any atom is 0.408 e. The lowest BCUT2D eigenvalue weighted by atomic mass is 10.0. The molecule has 0 unspecified atom stereocenters. The first-order valence-electron chi connectivity index (χ1n) is 6.08. The molecule has 0 atom stereocenters. The number of Topliss-reactive ketones (excluding diaryl/α,β-unsaturated/α-hetero) is 1. The zero-order valence-electron chi connectivity index (χ0n) is 11.3. The van der Waals surface area contributed by atoms with Crippen molar-refractivity contribution in [3.8, 4) is 0 Å². The average Bonchev–Trinajstić information content (AvgIpc) is 2.79. The average molecular weight is 295 g/mol. The number of carbonyl (C=O) groups excluding carboxylic acids is 1. The molecular formula is C13H17NO3SSi. The van der Waals surface area contributed by atoms with Gasteiger partial charge in [-0.05, 0) is 33.2 Å². The third kappa shape index (κ3) is 2.79. The molecule has 1 aromatic heterocycles. The first-order chi connectivity index (χ1) is 8.80. The maximum absolute atomic E-state index is 12.3. The Hall–Kier alpha value is -1.40. The second-order valence-corrected chi connectivity index (χ2v) is 11.5. The van der Waals surface area contributed by atoms with Crippen LogP contribution in [0.5, 0.6) is 0 Å². The largest absolute Gasteiger partial charge is 0.465 e. The van der Waals surface area contributed by atoms with Gasteiger partial charge in [-0.25, -0.2) is 4.79 Å². The molecule has 0 aliphatic carbocycles. The van der Waals surface area contributed by atoms with Crippen LogP contribution in [-0.4, -0.2) is 43.0 Å². The van der Waals surface area contributed by atoms with E-state index in [0.29, 0.717) is 6.54 Å². The van der Waals surface area contributed by atoms with Crippen LogP contribution in [0.2, 0.25) is 19.6 Å². The standard InChI is InChI=1S/C13H17NO3SSi/c1-19(2,3)12-10(9-4-5-18-8-9)6-14(13(16)17)7-11(12)15/h4-5,8H,6-7H2,1-3H3,(H,16,17). The molecule has 102 valence electrons. The van der Waals surface area contributed by atoms with Crippen LogP contribution in [0.25, 0.3) is 5.57 Å². The van der Waals surface area contributed by atoms with E-state index in [9.17, 15) is 9.59 Å². The van der Waals surface area contributed by atoms with E-state index in [4.69, 9.17) is 5.11 Å². The van der Waals surface area contributed by atoms with Gasteiger partial charge in [0.1, 0.15) is 0 Å². The van der Waals surface area contributed by atoms with Gasteiger partial charge in [0.25, 0.3) is 0 Å². The summed E-state index contributed by atoms with van der Waals surface area (Å²) in [5.41, 5.74) is 1.89. The summed E-state index contributed by atoms with van der Waals surface area (Å²) in [7, 11) is -1.79. The zero-order chi connectivity index (χ0) is 14.2. The summed E-state index contributed by atoms with van der Waals surface area (Å²) in [5, 5.41) is 14.0. The van der Waals surface area contributed by atoms with Crippen molar-refractivity contribution in [2.75, 3.05) is 13.1 Å². The molecule has 6 heteroatoms. The minimum absolute atomic E-state index is 0.0113. The molecule has 0 bridgehead atoms. The molecule has 1 aliphatic rings. The summed E-state index contributed by atoms with van der Waals surface area (Å²) >= 11 is 1.56. The highest BCUT2D eigenvalue weighted by molar-refractivity contribution is 7.08. The van der Waals surface area contributed by atoms with Crippen LogP contribution in [0.15, 0.2) is 22.0 Å². The van der Waals surface area contributed by atoms with Crippen molar-refractivity contribution in [3.63, 3.8) is 0 Å². The molecule has 4 nitrogen and oxygen atoms in total. The molecule has 0 aromatic carbocycles. The van der Waals surface area contributed by atoms with Crippen LogP contribution in [0.4, 0.5) is 4.79 Å². The number of hydrogen-bond donors (Lipinski definition) is 1. The predicted molar refractivity (Wildman–Crippen MR) is 79.2 cm³/mol. The molecule has 1 amide bonds. The number of carboxylic acid groups (broad SMARTS) is 1. The van der Waals surface area contributed by atoms with Crippen LogP contribution in [0.3, 0.4) is 0 Å². The fourth-order valence-corrected chi connectivity index (χ4v) is 5.14. The molecule has 19 heavy (non-hydrogen) atoms. The van der Waals surface area contributed by atoms with Crippen LogP contribution in [0.1, 0.15) is 5.56 Å². The number of nitrogens with zero attached hydrogens (tertiary/aromatic N) is 1. The third-order valence-corrected chi connectivity index (χ3v) is 5.92. The number of rotatable bonds is 2. The Bertz CT molecular complexity index is 543. The Morgan fingerprint density at radius 2 is 2.05 bits per heavy atom. The first-order valence-corrected chi connectivity index (χ1v) is 10.5. The highest BCUT2D eigenvalue weighted by atomic mass is 32.1. The smallest absolute Gasteiger partial charge is 0.408 e. The van der Waals surface area contributed by atoms with Crippen LogP contribution >= 0.6 is 11.3 Å². The Labute approximate surface area is 117 Å². The van der Waals surface area contributed by atoms with Gasteiger partial charge in [-0.15, -0.1) is 0 Å². The van der Waals surface area contributed by atoms with E-state index in [2.05, 4.69) is 19.6 Å². The molecule has 0 saturated carbocycles. The SMILES string of the molecule is C[Si](C)(C)C1=C(c2ccsc2)CN(C(=O)O)CC1=O. The van der Waals surface area contributed by atoms with Gasteiger partial charge >= 0.3 is 6.09 Å². The van der Waals surface area contributed by atoms with Gasteiger partial charge in [0.15, 0.2) is 5.78 Å². The van der Waals surface area contributed by atoms with Gasteiger partial charge in [-0.2, -0.15) is 11.3 Å². The topological polar surface area (TPSA) is 57.6 Å². The molecule has 2 rings (SSSR count). The zero-order valence-corrected chi connectivity index (χ0v) is 13.1. The van der Waals surface area contributed by atoms with E-state index in [1.165, 1.54) is 4.90 Å². The van der Waals surface area contributed by atoms with Crippen molar-refractivity contribution in [2.45, 2.75) is 19.6 Å². The van der Waals surface area contributed by atoms with E-state index in [-0.39, 0.29) is 12.3 Å². The lowest BCUT2D eigenvalue weighted by Gasteiger charge is -2.32. The Morgan fingerprint density at radius 1 is 1.37 bits per heavy atom. The summed E-state index contributed by atoms with van der Waals surface area (Å²) < 4.78 is 0. The number of thiophene rings is 1. The molecular weight excluding hydrogens is 278 g/mol. The molecule has 1 aromatic rings. The first kappa shape index (κ1) is 14.0. The second-order valence-electron chi connectivity index (χ2n) is 5.68. The molecule has 1 N–H and O–H groups in total. The second kappa shape index (κ2) is 4.94. The summed E-state index contributed by atoms with van der Waals surface area (Å²) in [6, 6.07) is 1.96. The fraction of sp³-hybridized carbons (Fsp3) is 0.385. The molecule has 0 spiro atoms. The van der Waals surface area contributed by atoms with Gasteiger partial charge in [0.05, 0.1) is 21.2 Å². The summed E-state index contributed by atoms with van der Waals surface area (Å²) in [5.74, 6) is -0.0333. The summed E-state index contributed by atoms with van der Waals surface area (Å²) in [6.07, 6.45) is -1.03. The van der Waals surface area contributed by atoms with Gasteiger partial charge in [-0.1, -0.05) is 19.6 Å². The monoisotopic (exact) mass is 295 g/mol. The summed E-state index contributed by atoms with van der Waals surface area (Å²) in [6.45, 7) is 6.69. The fourth-order valence-electron chi connectivity index (χ4n) is 2.42. The van der Waals surface area contributed by atoms with Crippen molar-refractivity contribution in [1.82, 2.24) is 4.90 Å². The van der Waals surface area contributed by atoms with Crippen molar-refractivity contribution in [1.29, 1.82) is 0 Å². The van der Waals surface area contributed by atoms with Crippen LogP contribution in [0, 0.1) is 0 Å². The maximum atomic E-state index is 12.3. The number of hydrogen-bond acceptors (Lipinski definition) is 3. The minimum atomic E-state index is -1.79. The molecule has 0 fully saturated rings. The van der Waals surface area contributed by atoms with Gasteiger partial charge in [0, 0.05) is 0 Å². The van der Waals surface area contributed by atoms with Crippen LogP contribution < -0.4 is 0 Å². The van der Waals surface area contributed by atoms with E-state index in [0.717, 1.165) is 16.3 Å².